The summed E-state index contributed by atoms with van der Waals surface area (Å²) in [6.07, 6.45) is 9.44. The van der Waals surface area contributed by atoms with E-state index in [1.165, 1.54) is 12.1 Å². The Morgan fingerprint density at radius 2 is 1.89 bits per heavy atom. The Morgan fingerprint density at radius 1 is 1.11 bits per heavy atom. The van der Waals surface area contributed by atoms with Gasteiger partial charge in [0.1, 0.15) is 17.4 Å². The third-order valence-corrected chi connectivity index (χ3v) is 6.67. The highest BCUT2D eigenvalue weighted by atomic mass is 19.1. The van der Waals surface area contributed by atoms with Gasteiger partial charge in [-0.2, -0.15) is 4.99 Å². The third-order valence-electron chi connectivity index (χ3n) is 6.67. The van der Waals surface area contributed by atoms with Crippen molar-refractivity contribution in [3.63, 3.8) is 0 Å². The fourth-order valence-electron chi connectivity index (χ4n) is 4.68. The van der Waals surface area contributed by atoms with E-state index in [0.717, 1.165) is 35.3 Å². The molecule has 7 nitrogen and oxygen atoms in total. The number of methoxy groups -OCH3 is 2. The summed E-state index contributed by atoms with van der Waals surface area (Å²) in [7, 11) is 3.32. The van der Waals surface area contributed by atoms with Gasteiger partial charge < -0.3 is 18.9 Å². The second kappa shape index (κ2) is 11.5. The molecule has 0 radical (unpaired) electrons. The minimum atomic E-state index is -0.653. The summed E-state index contributed by atoms with van der Waals surface area (Å²) in [6, 6.07) is 12.3. The van der Waals surface area contributed by atoms with Gasteiger partial charge in [-0.25, -0.2) is 9.37 Å². The summed E-state index contributed by atoms with van der Waals surface area (Å²) in [5.74, 6) is 0.767. The maximum Gasteiger partial charge on any atom is 0.250 e. The Morgan fingerprint density at radius 3 is 2.57 bits per heavy atom. The Labute approximate surface area is 217 Å². The molecule has 1 unspecified atom stereocenters. The first-order valence-electron chi connectivity index (χ1n) is 12.4. The molecule has 0 N–H and O–H groups in total. The number of carbonyl (C=O) groups is 1. The maximum atomic E-state index is 13.7. The number of rotatable bonds is 10. The van der Waals surface area contributed by atoms with Crippen LogP contribution in [0.1, 0.15) is 43.0 Å². The smallest absolute Gasteiger partial charge is 0.250 e. The summed E-state index contributed by atoms with van der Waals surface area (Å²) in [6.45, 7) is 5.29. The van der Waals surface area contributed by atoms with Crippen molar-refractivity contribution in [3.8, 4) is 11.4 Å². The summed E-state index contributed by atoms with van der Waals surface area (Å²) < 4.78 is 26.5. The molecule has 1 aliphatic rings. The van der Waals surface area contributed by atoms with Gasteiger partial charge in [0, 0.05) is 26.5 Å². The van der Waals surface area contributed by atoms with Crippen molar-refractivity contribution >= 4 is 17.8 Å². The maximum absolute atomic E-state index is 13.7. The van der Waals surface area contributed by atoms with Crippen LogP contribution in [0.4, 0.5) is 4.39 Å². The average Bonchev–Trinajstić information content (AvgIpc) is 3.32. The minimum Gasteiger partial charge on any atom is -0.495 e. The zero-order chi connectivity index (χ0) is 26.4. The fourth-order valence-corrected chi connectivity index (χ4v) is 4.68. The molecule has 2 aromatic carbocycles. The molecule has 0 saturated carbocycles. The number of hydrogen-bond donors (Lipinski definition) is 0. The number of hydrogen-bond acceptors (Lipinski definition) is 5. The van der Waals surface area contributed by atoms with Gasteiger partial charge in [0.05, 0.1) is 36.8 Å². The number of halogens is 1. The molecule has 1 aliphatic heterocycles. The van der Waals surface area contributed by atoms with Crippen LogP contribution in [0.2, 0.25) is 0 Å². The number of aliphatic imine (C=N–C) groups is 1. The summed E-state index contributed by atoms with van der Waals surface area (Å²) in [5, 5.41) is 0. The molecule has 0 spiro atoms. The van der Waals surface area contributed by atoms with Gasteiger partial charge in [-0.15, -0.1) is 0 Å². The number of carbonyl (C=O) groups excluding carboxylic acids is 1. The number of nitrogens with zero attached hydrogens (tertiary/aromatic N) is 4. The molecule has 4 rings (SSSR count). The number of aromatic nitrogens is 2. The molecule has 0 saturated heterocycles. The molecule has 0 fully saturated rings. The first-order chi connectivity index (χ1) is 17.8. The normalized spacial score (nSPS) is 17.9. The van der Waals surface area contributed by atoms with Gasteiger partial charge >= 0.3 is 0 Å². The van der Waals surface area contributed by atoms with Crippen LogP contribution >= 0.6 is 0 Å². The second-order valence-corrected chi connectivity index (χ2v) is 9.36. The van der Waals surface area contributed by atoms with Gasteiger partial charge in [0.25, 0.3) is 0 Å². The van der Waals surface area contributed by atoms with Crippen molar-refractivity contribution < 1.29 is 18.7 Å². The van der Waals surface area contributed by atoms with Crippen molar-refractivity contribution in [3.05, 3.63) is 83.7 Å². The predicted octanol–water partition coefficient (Wildman–Crippen LogP) is 5.31. The molecule has 3 aromatic rings. The van der Waals surface area contributed by atoms with Gasteiger partial charge in [-0.05, 0) is 68.2 Å². The van der Waals surface area contributed by atoms with Crippen LogP contribution in [-0.2, 0) is 15.1 Å². The summed E-state index contributed by atoms with van der Waals surface area (Å²) >= 11 is 0. The summed E-state index contributed by atoms with van der Waals surface area (Å²) in [5.41, 5.74) is 2.92. The van der Waals surface area contributed by atoms with Gasteiger partial charge in [-0.1, -0.05) is 24.3 Å². The van der Waals surface area contributed by atoms with Crippen molar-refractivity contribution in [2.24, 2.45) is 4.99 Å². The lowest BCUT2D eigenvalue weighted by Gasteiger charge is -2.45. The minimum absolute atomic E-state index is 0.206. The number of amides is 1. The van der Waals surface area contributed by atoms with Crippen molar-refractivity contribution in [1.82, 2.24) is 14.5 Å². The first-order valence-corrected chi connectivity index (χ1v) is 12.4. The number of unbranched alkanes of at least 4 members (excludes halogenated alkanes) is 1. The number of aryl methyl sites for hydroxylation is 1. The van der Waals surface area contributed by atoms with E-state index >= 15 is 0 Å². The van der Waals surface area contributed by atoms with Gasteiger partial charge in [0.15, 0.2) is 0 Å². The number of imidazole rings is 1. The van der Waals surface area contributed by atoms with Crippen LogP contribution in [0.25, 0.3) is 11.8 Å². The van der Waals surface area contributed by atoms with Crippen molar-refractivity contribution in [1.29, 1.82) is 0 Å². The lowest BCUT2D eigenvalue weighted by atomic mass is 9.84. The Kier molecular flexibility index (Phi) is 8.18. The lowest BCUT2D eigenvalue weighted by Crippen LogP contribution is -2.51. The molecule has 0 aliphatic carbocycles. The van der Waals surface area contributed by atoms with E-state index in [1.807, 2.05) is 55.0 Å². The van der Waals surface area contributed by atoms with Crippen LogP contribution in [0.5, 0.6) is 5.75 Å². The van der Waals surface area contributed by atoms with E-state index < -0.39 is 5.54 Å². The average molecular weight is 505 g/mol. The first kappa shape index (κ1) is 26.3. The van der Waals surface area contributed by atoms with Crippen LogP contribution in [-0.4, -0.2) is 53.6 Å². The number of amidine groups is 1. The molecular formula is C29H33FN4O3. The zero-order valence-corrected chi connectivity index (χ0v) is 21.8. The van der Waals surface area contributed by atoms with Crippen LogP contribution in [0.15, 0.2) is 66.1 Å². The topological polar surface area (TPSA) is 68.9 Å². The Bertz CT molecular complexity index is 1300. The fraction of sp³-hybridized carbons (Fsp3) is 0.345. The predicted molar refractivity (Wildman–Crippen MR) is 143 cm³/mol. The molecule has 1 atom stereocenters. The number of benzene rings is 2. The van der Waals surface area contributed by atoms with Gasteiger partial charge in [-0.3, -0.25) is 4.79 Å². The van der Waals surface area contributed by atoms with Crippen LogP contribution in [0, 0.1) is 12.7 Å². The van der Waals surface area contributed by atoms with Crippen LogP contribution in [0.3, 0.4) is 0 Å². The molecule has 2 heterocycles. The van der Waals surface area contributed by atoms with E-state index in [-0.39, 0.29) is 18.1 Å². The molecule has 0 bridgehead atoms. The highest BCUT2D eigenvalue weighted by Crippen LogP contribution is 2.36. The molecular weight excluding hydrogens is 471 g/mol. The molecule has 1 amide bonds. The second-order valence-electron chi connectivity index (χ2n) is 9.36. The third kappa shape index (κ3) is 5.97. The number of ether oxygens (including phenoxy) is 2. The SMILES string of the molecule is COCCCCN1C(C=Cc2ccc(-n3cnc(C)c3)c(OC)c2)=NC(=O)CC1(C)c1ccc(F)cc1. The molecule has 1 aromatic heterocycles. The standard InChI is InChI=1S/C29H33FN4O3/c1-21-19-33(20-31-21)25-13-7-22(17-26(25)37-4)8-14-27-32-28(35)18-29(2,23-9-11-24(30)12-10-23)34(27)15-5-6-16-36-3/h7-14,17,19-20H,5-6,15-16,18H2,1-4H3. The van der Waals surface area contributed by atoms with Crippen molar-refractivity contribution in [2.75, 3.05) is 27.4 Å². The highest BCUT2D eigenvalue weighted by molar-refractivity contribution is 6.05. The van der Waals surface area contributed by atoms with E-state index in [4.69, 9.17) is 9.47 Å². The zero-order valence-electron chi connectivity index (χ0n) is 21.8. The van der Waals surface area contributed by atoms with E-state index in [2.05, 4.69) is 14.9 Å². The quantitative estimate of drug-likeness (QED) is 0.350. The molecule has 194 valence electrons. The van der Waals surface area contributed by atoms with E-state index in [9.17, 15) is 9.18 Å². The Hall–Kier alpha value is -3.78. The monoisotopic (exact) mass is 504 g/mol. The highest BCUT2D eigenvalue weighted by Gasteiger charge is 2.40. The van der Waals surface area contributed by atoms with E-state index in [0.29, 0.717) is 24.7 Å². The lowest BCUT2D eigenvalue weighted by molar-refractivity contribution is -0.121. The largest absolute Gasteiger partial charge is 0.495 e. The van der Waals surface area contributed by atoms with Crippen LogP contribution < -0.4 is 4.74 Å². The summed E-state index contributed by atoms with van der Waals surface area (Å²) in [4.78, 5) is 23.6. The molecule has 37 heavy (non-hydrogen) atoms. The van der Waals surface area contributed by atoms with Crippen molar-refractivity contribution in [2.45, 2.75) is 38.6 Å². The van der Waals surface area contributed by atoms with Gasteiger partial charge in [0.2, 0.25) is 5.91 Å². The van der Waals surface area contributed by atoms with E-state index in [1.54, 1.807) is 32.7 Å². The Balaban J connectivity index is 1.65. The molecule has 8 heteroatoms.